The summed E-state index contributed by atoms with van der Waals surface area (Å²) in [7, 11) is -3.90. The van der Waals surface area contributed by atoms with Gasteiger partial charge in [0.05, 0.1) is 16.6 Å². The minimum Gasteiger partial charge on any atom is -0.384 e. The average Bonchev–Trinajstić information content (AvgIpc) is 2.82. The number of rotatable bonds is 2. The van der Waals surface area contributed by atoms with E-state index >= 15 is 0 Å². The summed E-state index contributed by atoms with van der Waals surface area (Å²) >= 11 is 0. The van der Waals surface area contributed by atoms with Gasteiger partial charge in [-0.1, -0.05) is 0 Å². The summed E-state index contributed by atoms with van der Waals surface area (Å²) in [5.41, 5.74) is 5.88. The van der Waals surface area contributed by atoms with E-state index in [1.165, 1.54) is 30.6 Å². The Morgan fingerprint density at radius 3 is 2.55 bits per heavy atom. The van der Waals surface area contributed by atoms with E-state index in [1.54, 1.807) is 0 Å². The maximum Gasteiger partial charge on any atom is 0.283 e. The Morgan fingerprint density at radius 2 is 1.85 bits per heavy atom. The van der Waals surface area contributed by atoms with Crippen molar-refractivity contribution >= 4 is 26.7 Å². The molecule has 2 aromatic heterocycles. The molecule has 6 nitrogen and oxygen atoms in total. The molecule has 0 radical (unpaired) electrons. The van der Waals surface area contributed by atoms with E-state index in [4.69, 9.17) is 5.73 Å². The van der Waals surface area contributed by atoms with Gasteiger partial charge in [0.15, 0.2) is 0 Å². The van der Waals surface area contributed by atoms with Crippen molar-refractivity contribution in [2.24, 2.45) is 0 Å². The molecule has 0 aliphatic rings. The maximum absolute atomic E-state index is 12.9. The zero-order valence-electron chi connectivity index (χ0n) is 10.1. The number of nitrogens with zero attached hydrogens (tertiary/aromatic N) is 3. The summed E-state index contributed by atoms with van der Waals surface area (Å²) in [6, 6.07) is 5.94. The molecule has 0 unspecified atom stereocenters. The van der Waals surface area contributed by atoms with E-state index in [2.05, 4.69) is 10.1 Å². The van der Waals surface area contributed by atoms with Crippen molar-refractivity contribution in [2.45, 2.75) is 4.90 Å². The Balaban J connectivity index is 2.23. The lowest BCUT2D eigenvalue weighted by atomic mass is 10.3. The fourth-order valence-electron chi connectivity index (χ4n) is 1.81. The van der Waals surface area contributed by atoms with Gasteiger partial charge in [-0.2, -0.15) is 17.6 Å². The third-order valence-electron chi connectivity index (χ3n) is 2.78. The van der Waals surface area contributed by atoms with Gasteiger partial charge in [-0.05, 0) is 24.3 Å². The Hall–Kier alpha value is -2.48. The van der Waals surface area contributed by atoms with Gasteiger partial charge in [0.2, 0.25) is 0 Å². The first-order valence-electron chi connectivity index (χ1n) is 5.59. The van der Waals surface area contributed by atoms with Crippen LogP contribution in [-0.2, 0) is 10.0 Å². The second-order valence-electron chi connectivity index (χ2n) is 4.11. The molecule has 2 heterocycles. The zero-order chi connectivity index (χ0) is 14.3. The van der Waals surface area contributed by atoms with Crippen LogP contribution in [0.4, 0.5) is 10.2 Å². The molecule has 3 rings (SSSR count). The third kappa shape index (κ3) is 1.90. The predicted molar refractivity (Wildman–Crippen MR) is 70.9 cm³/mol. The standard InChI is InChI=1S/C12H9FN4O2S/c13-9-1-3-10(4-2-9)20(18,19)17-11-5-12(14)15-6-8(11)7-16-17/h1-7H,(H2,14,15). The van der Waals surface area contributed by atoms with Gasteiger partial charge in [-0.25, -0.2) is 9.37 Å². The van der Waals surface area contributed by atoms with E-state index in [-0.39, 0.29) is 10.7 Å². The minimum absolute atomic E-state index is 0.0562. The zero-order valence-corrected chi connectivity index (χ0v) is 10.9. The highest BCUT2D eigenvalue weighted by Gasteiger charge is 2.20. The van der Waals surface area contributed by atoms with Gasteiger partial charge >= 0.3 is 0 Å². The van der Waals surface area contributed by atoms with Gasteiger partial charge < -0.3 is 5.73 Å². The van der Waals surface area contributed by atoms with E-state index in [0.29, 0.717) is 10.9 Å². The second kappa shape index (κ2) is 4.27. The molecule has 3 aromatic rings. The first kappa shape index (κ1) is 12.5. The Kier molecular flexibility index (Phi) is 2.68. The van der Waals surface area contributed by atoms with Crippen molar-refractivity contribution in [3.63, 3.8) is 0 Å². The Labute approximate surface area is 113 Å². The highest BCUT2D eigenvalue weighted by Crippen LogP contribution is 2.21. The number of halogens is 1. The van der Waals surface area contributed by atoms with Crippen LogP contribution in [0.2, 0.25) is 0 Å². The molecule has 20 heavy (non-hydrogen) atoms. The molecule has 0 bridgehead atoms. The van der Waals surface area contributed by atoms with Crippen LogP contribution in [0, 0.1) is 5.82 Å². The molecular formula is C12H9FN4O2S. The van der Waals surface area contributed by atoms with Crippen LogP contribution in [0.1, 0.15) is 0 Å². The van der Waals surface area contributed by atoms with Gasteiger partial charge in [-0.15, -0.1) is 0 Å². The van der Waals surface area contributed by atoms with Crippen LogP contribution >= 0.6 is 0 Å². The van der Waals surface area contributed by atoms with Crippen molar-refractivity contribution in [3.8, 4) is 0 Å². The Morgan fingerprint density at radius 1 is 1.15 bits per heavy atom. The number of benzene rings is 1. The number of nitrogens with two attached hydrogens (primary N) is 1. The van der Waals surface area contributed by atoms with Crippen LogP contribution < -0.4 is 5.73 Å². The monoisotopic (exact) mass is 292 g/mol. The number of aromatic nitrogens is 3. The van der Waals surface area contributed by atoms with Gasteiger partial charge in [-0.3, -0.25) is 0 Å². The number of pyridine rings is 1. The molecule has 8 heteroatoms. The molecular weight excluding hydrogens is 283 g/mol. The van der Waals surface area contributed by atoms with Crippen molar-refractivity contribution in [1.82, 2.24) is 14.2 Å². The summed E-state index contributed by atoms with van der Waals surface area (Å²) < 4.78 is 38.6. The van der Waals surface area contributed by atoms with Crippen LogP contribution in [0.3, 0.4) is 0 Å². The van der Waals surface area contributed by atoms with E-state index in [0.717, 1.165) is 16.2 Å². The third-order valence-corrected chi connectivity index (χ3v) is 4.39. The van der Waals surface area contributed by atoms with Crippen molar-refractivity contribution < 1.29 is 12.8 Å². The first-order chi connectivity index (χ1) is 9.48. The number of anilines is 1. The summed E-state index contributed by atoms with van der Waals surface area (Å²) in [4.78, 5) is 3.81. The van der Waals surface area contributed by atoms with E-state index in [9.17, 15) is 12.8 Å². The van der Waals surface area contributed by atoms with Crippen LogP contribution in [0.5, 0.6) is 0 Å². The lowest BCUT2D eigenvalue weighted by molar-refractivity contribution is 0.581. The van der Waals surface area contributed by atoms with Gasteiger partial charge in [0.25, 0.3) is 10.0 Å². The number of nitrogen functional groups attached to an aromatic ring is 1. The molecule has 0 atom stereocenters. The molecule has 102 valence electrons. The fourth-order valence-corrected chi connectivity index (χ4v) is 3.08. The van der Waals surface area contributed by atoms with Crippen LogP contribution in [0.25, 0.3) is 10.9 Å². The average molecular weight is 292 g/mol. The largest absolute Gasteiger partial charge is 0.384 e. The quantitative estimate of drug-likeness (QED) is 0.770. The molecule has 0 fully saturated rings. The smallest absolute Gasteiger partial charge is 0.283 e. The van der Waals surface area contributed by atoms with Crippen molar-refractivity contribution in [1.29, 1.82) is 0 Å². The highest BCUT2D eigenvalue weighted by atomic mass is 32.2. The molecule has 0 aliphatic carbocycles. The molecule has 0 saturated carbocycles. The fraction of sp³-hybridized carbons (Fsp3) is 0. The number of hydrogen-bond donors (Lipinski definition) is 1. The summed E-state index contributed by atoms with van der Waals surface area (Å²) in [6.07, 6.45) is 2.82. The second-order valence-corrected chi connectivity index (χ2v) is 5.88. The molecule has 1 aromatic carbocycles. The van der Waals surface area contributed by atoms with Crippen molar-refractivity contribution in [2.75, 3.05) is 5.73 Å². The predicted octanol–water partition coefficient (Wildman–Crippen LogP) is 1.39. The SMILES string of the molecule is Nc1cc2c(cn1)cnn2S(=O)(=O)c1ccc(F)cc1. The minimum atomic E-state index is -3.90. The van der Waals surface area contributed by atoms with E-state index in [1.807, 2.05) is 0 Å². The summed E-state index contributed by atoms with van der Waals surface area (Å²) in [5, 5.41) is 4.39. The molecule has 0 amide bonds. The summed E-state index contributed by atoms with van der Waals surface area (Å²) in [5.74, 6) is -0.323. The number of hydrogen-bond acceptors (Lipinski definition) is 5. The molecule has 0 spiro atoms. The maximum atomic E-state index is 12.9. The topological polar surface area (TPSA) is 90.9 Å². The molecule has 0 saturated heterocycles. The summed E-state index contributed by atoms with van der Waals surface area (Å²) in [6.45, 7) is 0. The lowest BCUT2D eigenvalue weighted by Gasteiger charge is -2.06. The normalized spacial score (nSPS) is 11.8. The van der Waals surface area contributed by atoms with Gasteiger partial charge in [0.1, 0.15) is 11.6 Å². The first-order valence-corrected chi connectivity index (χ1v) is 7.03. The lowest BCUT2D eigenvalue weighted by Crippen LogP contribution is -2.14. The van der Waals surface area contributed by atoms with Crippen LogP contribution in [0.15, 0.2) is 47.6 Å². The van der Waals surface area contributed by atoms with Crippen molar-refractivity contribution in [3.05, 3.63) is 48.5 Å². The molecule has 0 aliphatic heterocycles. The Bertz CT molecular complexity index is 887. The van der Waals surface area contributed by atoms with E-state index < -0.39 is 15.8 Å². The van der Waals surface area contributed by atoms with Gasteiger partial charge in [0, 0.05) is 17.6 Å². The molecule has 2 N–H and O–H groups in total. The van der Waals surface area contributed by atoms with Crippen LogP contribution in [-0.4, -0.2) is 22.6 Å². The highest BCUT2D eigenvalue weighted by molar-refractivity contribution is 7.90. The number of fused-ring (bicyclic) bond motifs is 1.